The molecule has 33 heavy (non-hydrogen) atoms. The highest BCUT2D eigenvalue weighted by Gasteiger charge is 2.27. The number of phenolic OH excluding ortho intramolecular Hbond substituents is 1. The number of phenols is 1. The lowest BCUT2D eigenvalue weighted by molar-refractivity contribution is -0.142. The molecule has 2 unspecified atom stereocenters. The van der Waals surface area contributed by atoms with E-state index in [0.717, 1.165) is 5.56 Å². The number of hydrogen-bond donors (Lipinski definition) is 4. The average Bonchev–Trinajstić information content (AvgIpc) is 2.80. The second kappa shape index (κ2) is 12.4. The van der Waals surface area contributed by atoms with Gasteiger partial charge in [0.15, 0.2) is 17.4 Å². The number of hydrogen-bond acceptors (Lipinski definition) is 4. The summed E-state index contributed by atoms with van der Waals surface area (Å²) >= 11 is 0. The Morgan fingerprint density at radius 1 is 0.697 bits per heavy atom. The fraction of sp³-hybridized carbons (Fsp3) is 0.160. The number of carbonyl (C=O) groups is 3. The van der Waals surface area contributed by atoms with Crippen LogP contribution in [0.5, 0.6) is 5.75 Å². The summed E-state index contributed by atoms with van der Waals surface area (Å²) < 4.78 is 0. The van der Waals surface area contributed by atoms with Gasteiger partial charge in [-0.2, -0.15) is 0 Å². The second-order valence-electron chi connectivity index (χ2n) is 7.35. The molecule has 0 aliphatic heterocycles. The molecule has 0 aliphatic rings. The molecule has 3 rings (SSSR count). The Labute approximate surface area is 202 Å². The SMILES string of the molecule is O=C(NC(Cc1ccccc1)C(=O)NC(Cc1ccc(O)cc1)C(=O)O)c1ccccc1.[AlH3]. The molecule has 0 fully saturated rings. The van der Waals surface area contributed by atoms with E-state index in [9.17, 15) is 24.6 Å². The molecule has 0 saturated carbocycles. The van der Waals surface area contributed by atoms with Gasteiger partial charge in [0.2, 0.25) is 5.91 Å². The summed E-state index contributed by atoms with van der Waals surface area (Å²) in [6.07, 6.45) is 0.239. The largest absolute Gasteiger partial charge is 0.508 e. The molecule has 0 heterocycles. The fourth-order valence-corrected chi connectivity index (χ4v) is 3.23. The Bertz CT molecular complexity index is 1060. The van der Waals surface area contributed by atoms with Crippen LogP contribution in [0.2, 0.25) is 0 Å². The van der Waals surface area contributed by atoms with Crippen LogP contribution in [0.3, 0.4) is 0 Å². The van der Waals surface area contributed by atoms with Gasteiger partial charge in [0.1, 0.15) is 17.8 Å². The summed E-state index contributed by atoms with van der Waals surface area (Å²) in [5, 5.41) is 24.3. The minimum Gasteiger partial charge on any atom is -0.508 e. The van der Waals surface area contributed by atoms with Crippen LogP contribution < -0.4 is 10.6 Å². The highest BCUT2D eigenvalue weighted by Crippen LogP contribution is 2.12. The molecule has 3 aromatic carbocycles. The predicted octanol–water partition coefficient (Wildman–Crippen LogP) is 1.36. The van der Waals surface area contributed by atoms with Crippen molar-refractivity contribution in [1.29, 1.82) is 0 Å². The number of amides is 2. The minimum absolute atomic E-state index is 0. The predicted molar refractivity (Wildman–Crippen MR) is 129 cm³/mol. The third-order valence-electron chi connectivity index (χ3n) is 4.93. The van der Waals surface area contributed by atoms with Crippen LogP contribution >= 0.6 is 0 Å². The van der Waals surface area contributed by atoms with Gasteiger partial charge >= 0.3 is 5.97 Å². The first-order valence-electron chi connectivity index (χ1n) is 10.1. The number of rotatable bonds is 9. The molecule has 0 saturated heterocycles. The van der Waals surface area contributed by atoms with E-state index in [1.165, 1.54) is 12.1 Å². The first kappa shape index (κ1) is 25.7. The van der Waals surface area contributed by atoms with E-state index in [-0.39, 0.29) is 36.0 Å². The van der Waals surface area contributed by atoms with Gasteiger partial charge in [-0.3, -0.25) is 9.59 Å². The molecular weight excluding hydrogens is 435 g/mol. The van der Waals surface area contributed by atoms with E-state index in [2.05, 4.69) is 10.6 Å². The third kappa shape index (κ3) is 7.79. The molecular formula is C25H27AlN2O5. The summed E-state index contributed by atoms with van der Waals surface area (Å²) in [4.78, 5) is 37.5. The summed E-state index contributed by atoms with van der Waals surface area (Å²) in [6.45, 7) is 0. The van der Waals surface area contributed by atoms with Crippen LogP contribution in [-0.4, -0.2) is 57.4 Å². The summed E-state index contributed by atoms with van der Waals surface area (Å²) in [5.41, 5.74) is 1.87. The number of aromatic hydroxyl groups is 1. The molecule has 0 radical (unpaired) electrons. The molecule has 4 N–H and O–H groups in total. The summed E-state index contributed by atoms with van der Waals surface area (Å²) in [5.74, 6) is -2.15. The zero-order chi connectivity index (χ0) is 22.9. The Balaban J connectivity index is 0.00000385. The molecule has 8 heteroatoms. The molecule has 3 aromatic rings. The number of nitrogens with one attached hydrogen (secondary N) is 2. The van der Waals surface area contributed by atoms with Gasteiger partial charge in [0.05, 0.1) is 0 Å². The smallest absolute Gasteiger partial charge is 0.326 e. The van der Waals surface area contributed by atoms with E-state index in [0.29, 0.717) is 11.1 Å². The number of carbonyl (C=O) groups excluding carboxylic acids is 2. The van der Waals surface area contributed by atoms with Crippen LogP contribution in [0.4, 0.5) is 0 Å². The maximum Gasteiger partial charge on any atom is 0.326 e. The van der Waals surface area contributed by atoms with Crippen molar-refractivity contribution < 1.29 is 24.6 Å². The van der Waals surface area contributed by atoms with Gasteiger partial charge in [0, 0.05) is 18.4 Å². The Morgan fingerprint density at radius 2 is 1.21 bits per heavy atom. The highest BCUT2D eigenvalue weighted by molar-refractivity contribution is 5.98. The number of benzene rings is 3. The maximum absolute atomic E-state index is 13.0. The molecule has 170 valence electrons. The lowest BCUT2D eigenvalue weighted by Crippen LogP contribution is -2.53. The van der Waals surface area contributed by atoms with Crippen LogP contribution in [0.15, 0.2) is 84.9 Å². The van der Waals surface area contributed by atoms with Crippen molar-refractivity contribution in [2.75, 3.05) is 0 Å². The number of carboxylic acid groups (broad SMARTS) is 1. The molecule has 0 aromatic heterocycles. The van der Waals surface area contributed by atoms with Gasteiger partial charge in [-0.15, -0.1) is 0 Å². The minimum atomic E-state index is -1.20. The van der Waals surface area contributed by atoms with Crippen molar-refractivity contribution in [3.63, 3.8) is 0 Å². The monoisotopic (exact) mass is 462 g/mol. The van der Waals surface area contributed by atoms with Crippen LogP contribution in [0.1, 0.15) is 21.5 Å². The summed E-state index contributed by atoms with van der Waals surface area (Å²) in [7, 11) is 0. The molecule has 0 bridgehead atoms. The van der Waals surface area contributed by atoms with E-state index in [1.54, 1.807) is 42.5 Å². The third-order valence-corrected chi connectivity index (χ3v) is 4.93. The molecule has 2 atom stereocenters. The number of aliphatic carboxylic acids is 1. The fourth-order valence-electron chi connectivity index (χ4n) is 3.23. The standard InChI is InChI=1S/C25H24N2O5.Al.3H/c28-20-13-11-18(12-14-20)16-22(25(31)32)27-24(30)21(15-17-7-3-1-4-8-17)26-23(29)19-9-5-2-6-10-19;;;;/h1-14,21-22,28H,15-16H2,(H,26,29)(H,27,30)(H,31,32);;;;. The van der Waals surface area contributed by atoms with Gasteiger partial charge in [0.25, 0.3) is 5.91 Å². The quantitative estimate of drug-likeness (QED) is 0.359. The zero-order valence-corrected chi connectivity index (χ0v) is 17.3. The maximum atomic E-state index is 13.0. The van der Waals surface area contributed by atoms with Gasteiger partial charge in [-0.1, -0.05) is 60.7 Å². The van der Waals surface area contributed by atoms with E-state index < -0.39 is 29.9 Å². The lowest BCUT2D eigenvalue weighted by atomic mass is 10.0. The van der Waals surface area contributed by atoms with Gasteiger partial charge in [-0.25, -0.2) is 4.79 Å². The van der Waals surface area contributed by atoms with Crippen LogP contribution in [0, 0.1) is 0 Å². The topological polar surface area (TPSA) is 116 Å². The summed E-state index contributed by atoms with van der Waals surface area (Å²) in [6, 6.07) is 21.6. The van der Waals surface area contributed by atoms with E-state index in [4.69, 9.17) is 0 Å². The van der Waals surface area contributed by atoms with Gasteiger partial charge in [-0.05, 0) is 35.4 Å². The van der Waals surface area contributed by atoms with Crippen molar-refractivity contribution in [2.45, 2.75) is 24.9 Å². The average molecular weight is 462 g/mol. The first-order chi connectivity index (χ1) is 15.4. The molecule has 2 amide bonds. The molecule has 0 spiro atoms. The van der Waals surface area contributed by atoms with E-state index in [1.807, 2.05) is 30.3 Å². The highest BCUT2D eigenvalue weighted by atomic mass is 27.0. The lowest BCUT2D eigenvalue weighted by Gasteiger charge is -2.22. The van der Waals surface area contributed by atoms with Crippen LogP contribution in [0.25, 0.3) is 0 Å². The van der Waals surface area contributed by atoms with Crippen LogP contribution in [-0.2, 0) is 22.4 Å². The van der Waals surface area contributed by atoms with Gasteiger partial charge < -0.3 is 20.8 Å². The van der Waals surface area contributed by atoms with Crippen molar-refractivity contribution >= 4 is 35.1 Å². The zero-order valence-electron chi connectivity index (χ0n) is 17.3. The van der Waals surface area contributed by atoms with Crippen molar-refractivity contribution in [3.05, 3.63) is 102 Å². The second-order valence-corrected chi connectivity index (χ2v) is 7.35. The normalized spacial score (nSPS) is 12.0. The van der Waals surface area contributed by atoms with Crippen molar-refractivity contribution in [2.24, 2.45) is 0 Å². The molecule has 0 aliphatic carbocycles. The Kier molecular flexibility index (Phi) is 9.67. The first-order valence-corrected chi connectivity index (χ1v) is 10.1. The number of carboxylic acids is 1. The van der Waals surface area contributed by atoms with Crippen molar-refractivity contribution in [3.8, 4) is 5.75 Å². The van der Waals surface area contributed by atoms with Crippen molar-refractivity contribution in [1.82, 2.24) is 10.6 Å². The Hall–Kier alpha value is -3.60. The van der Waals surface area contributed by atoms with E-state index >= 15 is 0 Å². The Morgan fingerprint density at radius 3 is 1.79 bits per heavy atom. The molecule has 7 nitrogen and oxygen atoms in total.